The van der Waals surface area contributed by atoms with E-state index in [1.165, 1.54) is 16.9 Å². The van der Waals surface area contributed by atoms with Gasteiger partial charge in [-0.15, -0.1) is 36.2 Å². The molecule has 0 saturated heterocycles. The molecular weight excluding hydrogens is 421 g/mol. The Hall–Kier alpha value is -1.33. The van der Waals surface area contributed by atoms with E-state index in [0.717, 1.165) is 24.3 Å². The van der Waals surface area contributed by atoms with Gasteiger partial charge < -0.3 is 10.6 Å². The highest BCUT2D eigenvalue weighted by Gasteiger charge is 2.24. The van der Waals surface area contributed by atoms with Crippen molar-refractivity contribution < 1.29 is 13.2 Å². The summed E-state index contributed by atoms with van der Waals surface area (Å²) in [4.78, 5) is 12.4. The van der Waals surface area contributed by atoms with E-state index < -0.39 is 15.9 Å². The average molecular weight is 444 g/mol. The lowest BCUT2D eigenvalue weighted by atomic mass is 10.4. The molecule has 26 heavy (non-hydrogen) atoms. The van der Waals surface area contributed by atoms with Crippen LogP contribution in [0.15, 0.2) is 28.7 Å². The van der Waals surface area contributed by atoms with E-state index in [1.54, 1.807) is 18.6 Å². The summed E-state index contributed by atoms with van der Waals surface area (Å²) < 4.78 is 28.9. The Labute approximate surface area is 169 Å². The third-order valence-electron chi connectivity index (χ3n) is 3.10. The standard InChI is InChI=1S/C14H21N5O3S2.2ClH/c1-3-5-15-6-7-16-14(20)13-12(4-8-23-13)24(21,22)18-11-9-17-19(2)10-11;;/h4,8-10,15,18H,3,5-7H2,1-2H3,(H,16,20);2*1H. The number of hydrogen-bond donors (Lipinski definition) is 3. The molecule has 0 aliphatic carbocycles. The van der Waals surface area contributed by atoms with Gasteiger partial charge in [0.1, 0.15) is 9.77 Å². The summed E-state index contributed by atoms with van der Waals surface area (Å²) in [5, 5.41) is 11.4. The van der Waals surface area contributed by atoms with E-state index in [2.05, 4.69) is 27.4 Å². The topological polar surface area (TPSA) is 105 Å². The molecule has 2 rings (SSSR count). The molecule has 2 aromatic rings. The quantitative estimate of drug-likeness (QED) is 0.512. The van der Waals surface area contributed by atoms with Crippen molar-refractivity contribution in [2.75, 3.05) is 24.4 Å². The number of thiophene rings is 1. The first-order valence-electron chi connectivity index (χ1n) is 7.52. The molecule has 0 aromatic carbocycles. The maximum Gasteiger partial charge on any atom is 0.263 e. The monoisotopic (exact) mass is 443 g/mol. The first kappa shape index (κ1) is 24.7. The van der Waals surface area contributed by atoms with Crippen LogP contribution in [0.2, 0.25) is 0 Å². The summed E-state index contributed by atoms with van der Waals surface area (Å²) >= 11 is 1.10. The second-order valence-electron chi connectivity index (χ2n) is 5.13. The van der Waals surface area contributed by atoms with Gasteiger partial charge in [0.25, 0.3) is 15.9 Å². The van der Waals surface area contributed by atoms with Crippen LogP contribution in [-0.4, -0.2) is 43.7 Å². The summed E-state index contributed by atoms with van der Waals surface area (Å²) in [5.41, 5.74) is 0.346. The average Bonchev–Trinajstić information content (AvgIpc) is 3.16. The van der Waals surface area contributed by atoms with Gasteiger partial charge in [0.05, 0.1) is 11.9 Å². The Morgan fingerprint density at radius 3 is 2.62 bits per heavy atom. The van der Waals surface area contributed by atoms with Crippen LogP contribution in [-0.2, 0) is 17.1 Å². The summed E-state index contributed by atoms with van der Waals surface area (Å²) in [6, 6.07) is 1.42. The maximum absolute atomic E-state index is 12.5. The Bertz CT molecular complexity index is 792. The van der Waals surface area contributed by atoms with Crippen LogP contribution in [0.3, 0.4) is 0 Å². The second-order valence-corrected chi connectivity index (χ2v) is 7.69. The van der Waals surface area contributed by atoms with E-state index in [9.17, 15) is 13.2 Å². The predicted molar refractivity (Wildman–Crippen MR) is 108 cm³/mol. The van der Waals surface area contributed by atoms with Crippen LogP contribution in [0.25, 0.3) is 0 Å². The molecule has 1 amide bonds. The molecule has 0 atom stereocenters. The predicted octanol–water partition coefficient (Wildman–Crippen LogP) is 1.86. The van der Waals surface area contributed by atoms with E-state index in [1.807, 2.05) is 0 Å². The number of nitrogens with zero attached hydrogens (tertiary/aromatic N) is 2. The Kier molecular flexibility index (Phi) is 10.8. The molecule has 3 N–H and O–H groups in total. The number of aryl methyl sites for hydroxylation is 1. The molecule has 0 radical (unpaired) electrons. The minimum absolute atomic E-state index is 0. The molecule has 0 aliphatic heterocycles. The number of carbonyl (C=O) groups excluding carboxylic acids is 1. The number of carbonyl (C=O) groups is 1. The molecule has 2 aromatic heterocycles. The third kappa shape index (κ3) is 6.76. The van der Waals surface area contributed by atoms with Crippen LogP contribution in [0, 0.1) is 0 Å². The SMILES string of the molecule is CCCNCCNC(=O)c1sccc1S(=O)(=O)Nc1cnn(C)c1.Cl.Cl. The number of hydrogen-bond acceptors (Lipinski definition) is 6. The van der Waals surface area contributed by atoms with Crippen molar-refractivity contribution in [1.82, 2.24) is 20.4 Å². The Morgan fingerprint density at radius 1 is 1.27 bits per heavy atom. The zero-order chi connectivity index (χ0) is 17.6. The Balaban J connectivity index is 0.00000312. The first-order chi connectivity index (χ1) is 11.4. The highest BCUT2D eigenvalue weighted by Crippen LogP contribution is 2.24. The van der Waals surface area contributed by atoms with E-state index >= 15 is 0 Å². The smallest absolute Gasteiger partial charge is 0.263 e. The molecular formula is C14H23Cl2N5O3S2. The van der Waals surface area contributed by atoms with Crippen molar-refractivity contribution in [2.24, 2.45) is 7.05 Å². The lowest BCUT2D eigenvalue weighted by molar-refractivity contribution is 0.0955. The van der Waals surface area contributed by atoms with Gasteiger partial charge in [0, 0.05) is 26.3 Å². The van der Waals surface area contributed by atoms with Crippen molar-refractivity contribution in [3.63, 3.8) is 0 Å². The third-order valence-corrected chi connectivity index (χ3v) is 5.56. The summed E-state index contributed by atoms with van der Waals surface area (Å²) in [7, 11) is -2.15. The summed E-state index contributed by atoms with van der Waals surface area (Å²) in [6.45, 7) is 4.01. The number of halogens is 2. The van der Waals surface area contributed by atoms with Gasteiger partial charge in [-0.3, -0.25) is 14.2 Å². The molecule has 0 spiro atoms. The molecule has 0 unspecified atom stereocenters. The molecule has 0 saturated carbocycles. The summed E-state index contributed by atoms with van der Waals surface area (Å²) in [5.74, 6) is -0.394. The lowest BCUT2D eigenvalue weighted by Crippen LogP contribution is -2.32. The van der Waals surface area contributed by atoms with Crippen molar-refractivity contribution in [3.05, 3.63) is 28.7 Å². The van der Waals surface area contributed by atoms with Gasteiger partial charge in [-0.2, -0.15) is 5.10 Å². The normalized spacial score (nSPS) is 10.5. The van der Waals surface area contributed by atoms with Gasteiger partial charge in [-0.05, 0) is 24.4 Å². The maximum atomic E-state index is 12.5. The number of amides is 1. The fourth-order valence-corrected chi connectivity index (χ4v) is 4.38. The number of anilines is 1. The zero-order valence-corrected chi connectivity index (χ0v) is 17.7. The minimum atomic E-state index is -3.84. The van der Waals surface area contributed by atoms with Gasteiger partial charge in [0.2, 0.25) is 0 Å². The van der Waals surface area contributed by atoms with Crippen molar-refractivity contribution in [2.45, 2.75) is 18.2 Å². The van der Waals surface area contributed by atoms with Gasteiger partial charge in [-0.1, -0.05) is 6.92 Å². The van der Waals surface area contributed by atoms with E-state index in [4.69, 9.17) is 0 Å². The van der Waals surface area contributed by atoms with Gasteiger partial charge in [0.15, 0.2) is 0 Å². The van der Waals surface area contributed by atoms with Crippen molar-refractivity contribution in [3.8, 4) is 0 Å². The molecule has 0 bridgehead atoms. The Morgan fingerprint density at radius 2 is 2.00 bits per heavy atom. The summed E-state index contributed by atoms with van der Waals surface area (Å²) in [6.07, 6.45) is 3.97. The molecule has 148 valence electrons. The fourth-order valence-electron chi connectivity index (χ4n) is 2.01. The molecule has 8 nitrogen and oxygen atoms in total. The van der Waals surface area contributed by atoms with Crippen LogP contribution in [0.1, 0.15) is 23.0 Å². The van der Waals surface area contributed by atoms with Crippen molar-refractivity contribution in [1.29, 1.82) is 0 Å². The molecule has 0 fully saturated rings. The first-order valence-corrected chi connectivity index (χ1v) is 9.88. The van der Waals surface area contributed by atoms with Gasteiger partial charge >= 0.3 is 0 Å². The van der Waals surface area contributed by atoms with Crippen LogP contribution in [0.5, 0.6) is 0 Å². The van der Waals surface area contributed by atoms with Crippen LogP contribution < -0.4 is 15.4 Å². The molecule has 2 heterocycles. The number of rotatable bonds is 9. The number of nitrogens with one attached hydrogen (secondary N) is 3. The fraction of sp³-hybridized carbons (Fsp3) is 0.429. The minimum Gasteiger partial charge on any atom is -0.350 e. The largest absolute Gasteiger partial charge is 0.350 e. The highest BCUT2D eigenvalue weighted by atomic mass is 35.5. The van der Waals surface area contributed by atoms with Crippen molar-refractivity contribution >= 4 is 57.8 Å². The molecule has 0 aliphatic rings. The highest BCUT2D eigenvalue weighted by molar-refractivity contribution is 7.93. The van der Waals surface area contributed by atoms with E-state index in [-0.39, 0.29) is 34.6 Å². The second kappa shape index (κ2) is 11.4. The molecule has 12 heteroatoms. The zero-order valence-electron chi connectivity index (χ0n) is 14.4. The van der Waals surface area contributed by atoms with Crippen LogP contribution in [0.4, 0.5) is 5.69 Å². The van der Waals surface area contributed by atoms with Gasteiger partial charge in [-0.25, -0.2) is 8.42 Å². The number of aromatic nitrogens is 2. The number of sulfonamides is 1. The van der Waals surface area contributed by atoms with E-state index in [0.29, 0.717) is 18.8 Å². The lowest BCUT2D eigenvalue weighted by Gasteiger charge is -2.08. The van der Waals surface area contributed by atoms with Crippen LogP contribution >= 0.6 is 36.2 Å².